The van der Waals surface area contributed by atoms with E-state index in [1.165, 1.54) is 0 Å². The number of hydrogen-bond donors (Lipinski definition) is 3. The van der Waals surface area contributed by atoms with Crippen molar-refractivity contribution in [1.29, 1.82) is 0 Å². The minimum absolute atomic E-state index is 0.188. The summed E-state index contributed by atoms with van der Waals surface area (Å²) in [5.41, 5.74) is 7.72. The molecule has 90 valence electrons. The summed E-state index contributed by atoms with van der Waals surface area (Å²) >= 11 is 0. The lowest BCUT2D eigenvalue weighted by atomic mass is 9.88. The number of hydrogen-bond acceptors (Lipinski definition) is 3. The molecule has 1 aromatic carbocycles. The molecule has 0 bridgehead atoms. The van der Waals surface area contributed by atoms with Crippen LogP contribution in [0, 0.1) is 5.41 Å². The Morgan fingerprint density at radius 3 is 2.75 bits per heavy atom. The third kappa shape index (κ3) is 4.53. The van der Waals surface area contributed by atoms with Gasteiger partial charge in [0.1, 0.15) is 0 Å². The first-order chi connectivity index (χ1) is 7.53. The molecule has 0 heterocycles. The van der Waals surface area contributed by atoms with E-state index in [4.69, 9.17) is 10.8 Å². The van der Waals surface area contributed by atoms with Crippen molar-refractivity contribution in [2.75, 3.05) is 24.2 Å². The van der Waals surface area contributed by atoms with Crippen LogP contribution in [0.1, 0.15) is 26.7 Å². The second kappa shape index (κ2) is 5.75. The smallest absolute Gasteiger partial charge is 0.0431 e. The highest BCUT2D eigenvalue weighted by Crippen LogP contribution is 2.23. The Bertz CT molecular complexity index is 323. The lowest BCUT2D eigenvalue weighted by Gasteiger charge is -2.25. The lowest BCUT2D eigenvalue weighted by Crippen LogP contribution is -2.23. The Balaban J connectivity index is 2.44. The minimum Gasteiger partial charge on any atom is -0.399 e. The number of benzene rings is 1. The molecule has 0 saturated carbocycles. The Morgan fingerprint density at radius 1 is 1.38 bits per heavy atom. The summed E-state index contributed by atoms with van der Waals surface area (Å²) in [7, 11) is 0. The van der Waals surface area contributed by atoms with Crippen molar-refractivity contribution in [3.05, 3.63) is 24.3 Å². The normalized spacial score (nSPS) is 11.4. The molecule has 0 saturated heterocycles. The highest BCUT2D eigenvalue weighted by atomic mass is 16.2. The molecule has 1 rings (SSSR count). The van der Waals surface area contributed by atoms with Crippen molar-refractivity contribution in [3.8, 4) is 0 Å². The van der Waals surface area contributed by atoms with Gasteiger partial charge < -0.3 is 16.2 Å². The molecule has 1 aromatic rings. The van der Waals surface area contributed by atoms with Gasteiger partial charge >= 0.3 is 0 Å². The lowest BCUT2D eigenvalue weighted by molar-refractivity contribution is 0.248. The van der Waals surface area contributed by atoms with E-state index in [0.717, 1.165) is 30.8 Å². The number of rotatable bonds is 6. The molecule has 0 radical (unpaired) electrons. The summed E-state index contributed by atoms with van der Waals surface area (Å²) in [6.45, 7) is 5.54. The fraction of sp³-hybridized carbons (Fsp3) is 0.538. The predicted molar refractivity (Wildman–Crippen MR) is 69.4 cm³/mol. The van der Waals surface area contributed by atoms with Gasteiger partial charge in [-0.05, 0) is 36.5 Å². The topological polar surface area (TPSA) is 58.3 Å². The van der Waals surface area contributed by atoms with Crippen molar-refractivity contribution in [1.82, 2.24) is 0 Å². The Hall–Kier alpha value is -1.22. The molecule has 0 amide bonds. The van der Waals surface area contributed by atoms with Crippen molar-refractivity contribution < 1.29 is 5.11 Å². The van der Waals surface area contributed by atoms with E-state index in [1.807, 2.05) is 24.3 Å². The molecule has 0 aliphatic carbocycles. The summed E-state index contributed by atoms with van der Waals surface area (Å²) in [4.78, 5) is 0. The molecular formula is C13H22N2O. The molecule has 0 spiro atoms. The second-order valence-corrected chi connectivity index (χ2v) is 4.97. The van der Waals surface area contributed by atoms with Crippen molar-refractivity contribution in [3.63, 3.8) is 0 Å². The van der Waals surface area contributed by atoms with Crippen molar-refractivity contribution in [2.24, 2.45) is 5.41 Å². The highest BCUT2D eigenvalue weighted by molar-refractivity contribution is 5.54. The zero-order chi connectivity index (χ0) is 12.0. The van der Waals surface area contributed by atoms with Crippen LogP contribution in [-0.4, -0.2) is 18.3 Å². The van der Waals surface area contributed by atoms with E-state index < -0.39 is 0 Å². The first-order valence-corrected chi connectivity index (χ1v) is 5.74. The maximum absolute atomic E-state index is 8.81. The van der Waals surface area contributed by atoms with Crippen LogP contribution < -0.4 is 11.1 Å². The largest absolute Gasteiger partial charge is 0.399 e. The monoisotopic (exact) mass is 222 g/mol. The standard InChI is InChI=1S/C13H22N2O/c1-13(2,7-4-8-16)10-15-12-6-3-5-11(14)9-12/h3,5-6,9,15-16H,4,7-8,10,14H2,1-2H3. The number of nitrogens with one attached hydrogen (secondary N) is 1. The zero-order valence-electron chi connectivity index (χ0n) is 10.2. The second-order valence-electron chi connectivity index (χ2n) is 4.97. The molecule has 0 atom stereocenters. The van der Waals surface area contributed by atoms with E-state index in [-0.39, 0.29) is 12.0 Å². The molecule has 0 aromatic heterocycles. The van der Waals surface area contributed by atoms with Gasteiger partial charge in [-0.15, -0.1) is 0 Å². The van der Waals surface area contributed by atoms with Crippen molar-refractivity contribution in [2.45, 2.75) is 26.7 Å². The van der Waals surface area contributed by atoms with Crippen LogP contribution in [0.3, 0.4) is 0 Å². The molecule has 0 fully saturated rings. The fourth-order valence-electron chi connectivity index (χ4n) is 1.64. The third-order valence-corrected chi connectivity index (χ3v) is 2.67. The number of aliphatic hydroxyl groups is 1. The zero-order valence-corrected chi connectivity index (χ0v) is 10.2. The van der Waals surface area contributed by atoms with Gasteiger partial charge in [0.15, 0.2) is 0 Å². The number of aliphatic hydroxyl groups excluding tert-OH is 1. The minimum atomic E-state index is 0.188. The average Bonchev–Trinajstić information content (AvgIpc) is 2.24. The molecule has 0 unspecified atom stereocenters. The summed E-state index contributed by atoms with van der Waals surface area (Å²) < 4.78 is 0. The van der Waals surface area contributed by atoms with Gasteiger partial charge in [-0.25, -0.2) is 0 Å². The van der Waals surface area contributed by atoms with Crippen LogP contribution in [-0.2, 0) is 0 Å². The Kier molecular flexibility index (Phi) is 4.62. The van der Waals surface area contributed by atoms with Crippen LogP contribution in [0.2, 0.25) is 0 Å². The van der Waals surface area contributed by atoms with E-state index in [2.05, 4.69) is 19.2 Å². The molecule has 4 N–H and O–H groups in total. The molecule has 3 nitrogen and oxygen atoms in total. The first-order valence-electron chi connectivity index (χ1n) is 5.74. The number of anilines is 2. The molecule has 0 aliphatic rings. The van der Waals surface area contributed by atoms with Gasteiger partial charge in [0.2, 0.25) is 0 Å². The van der Waals surface area contributed by atoms with E-state index in [0.29, 0.717) is 0 Å². The fourth-order valence-corrected chi connectivity index (χ4v) is 1.64. The van der Waals surface area contributed by atoms with Gasteiger partial charge in [0.25, 0.3) is 0 Å². The van der Waals surface area contributed by atoms with Crippen LogP contribution in [0.15, 0.2) is 24.3 Å². The number of nitrogens with two attached hydrogens (primary N) is 1. The van der Waals surface area contributed by atoms with E-state index >= 15 is 0 Å². The van der Waals surface area contributed by atoms with E-state index in [1.54, 1.807) is 0 Å². The summed E-state index contributed by atoms with van der Waals surface area (Å²) in [6.07, 6.45) is 1.87. The van der Waals surface area contributed by atoms with Gasteiger partial charge in [-0.1, -0.05) is 19.9 Å². The quantitative estimate of drug-likeness (QED) is 0.648. The first kappa shape index (κ1) is 12.8. The molecule has 0 aliphatic heterocycles. The van der Waals surface area contributed by atoms with Crippen LogP contribution in [0.25, 0.3) is 0 Å². The highest BCUT2D eigenvalue weighted by Gasteiger charge is 2.16. The Morgan fingerprint density at radius 2 is 2.12 bits per heavy atom. The molecule has 16 heavy (non-hydrogen) atoms. The summed E-state index contributed by atoms with van der Waals surface area (Å²) in [5, 5.41) is 12.2. The van der Waals surface area contributed by atoms with Crippen molar-refractivity contribution >= 4 is 11.4 Å². The van der Waals surface area contributed by atoms with Crippen LogP contribution in [0.5, 0.6) is 0 Å². The van der Waals surface area contributed by atoms with Gasteiger partial charge in [-0.3, -0.25) is 0 Å². The SMILES string of the molecule is CC(C)(CCCO)CNc1cccc(N)c1. The summed E-state index contributed by atoms with van der Waals surface area (Å²) in [6, 6.07) is 7.76. The van der Waals surface area contributed by atoms with Gasteiger partial charge in [-0.2, -0.15) is 0 Å². The maximum atomic E-state index is 8.81. The molecular weight excluding hydrogens is 200 g/mol. The van der Waals surface area contributed by atoms with E-state index in [9.17, 15) is 0 Å². The average molecular weight is 222 g/mol. The summed E-state index contributed by atoms with van der Waals surface area (Å²) in [5.74, 6) is 0. The Labute approximate surface area is 97.7 Å². The third-order valence-electron chi connectivity index (χ3n) is 2.67. The van der Waals surface area contributed by atoms with Gasteiger partial charge in [0, 0.05) is 24.5 Å². The number of nitrogen functional groups attached to an aromatic ring is 1. The van der Waals surface area contributed by atoms with Crippen LogP contribution in [0.4, 0.5) is 11.4 Å². The maximum Gasteiger partial charge on any atom is 0.0431 e. The molecule has 3 heteroatoms. The van der Waals surface area contributed by atoms with Gasteiger partial charge in [0.05, 0.1) is 0 Å². The van der Waals surface area contributed by atoms with Crippen LogP contribution >= 0.6 is 0 Å². The predicted octanol–water partition coefficient (Wildman–Crippen LogP) is 2.48.